The molecule has 6 nitrogen and oxygen atoms in total. The summed E-state index contributed by atoms with van der Waals surface area (Å²) in [7, 11) is 0. The zero-order valence-electron chi connectivity index (χ0n) is 14.0. The summed E-state index contributed by atoms with van der Waals surface area (Å²) in [5.74, 6) is 0.441. The Bertz CT molecular complexity index is 1100. The van der Waals surface area contributed by atoms with Gasteiger partial charge in [0.25, 0.3) is 5.91 Å². The van der Waals surface area contributed by atoms with Crippen LogP contribution in [-0.2, 0) is 12.8 Å². The molecule has 1 aromatic carbocycles. The maximum absolute atomic E-state index is 12.5. The number of fused-ring (bicyclic) bond motifs is 4. The van der Waals surface area contributed by atoms with Crippen molar-refractivity contribution in [2.45, 2.75) is 25.7 Å². The highest BCUT2D eigenvalue weighted by atomic mass is 32.1. The number of amides is 1. The molecule has 3 aromatic heterocycles. The standard InChI is InChI=1S/C19H17N5OS/c25-18(14-9-11-5-1-3-7-13(11)22-14)24-23-17-16-12-6-2-4-8-15(12)26-19(16)21-10-20-17/h1,3,5,7,9-10,22H,2,4,6,8H2,(H,24,25)(H,20,21,23). The molecule has 4 aromatic rings. The first-order valence-electron chi connectivity index (χ1n) is 8.69. The van der Waals surface area contributed by atoms with Gasteiger partial charge in [-0.1, -0.05) is 18.2 Å². The fraction of sp³-hybridized carbons (Fsp3) is 0.211. The number of nitrogens with one attached hydrogen (secondary N) is 3. The number of aromatic amines is 1. The maximum atomic E-state index is 12.5. The highest BCUT2D eigenvalue weighted by Gasteiger charge is 2.20. The second kappa shape index (κ2) is 6.10. The van der Waals surface area contributed by atoms with E-state index in [1.807, 2.05) is 30.3 Å². The molecular weight excluding hydrogens is 346 g/mol. The molecule has 0 bridgehead atoms. The minimum absolute atomic E-state index is 0.225. The van der Waals surface area contributed by atoms with Crippen LogP contribution in [-0.4, -0.2) is 20.9 Å². The first kappa shape index (κ1) is 15.3. The number of rotatable bonds is 3. The lowest BCUT2D eigenvalue weighted by molar-refractivity contribution is 0.0958. The molecule has 0 saturated carbocycles. The van der Waals surface area contributed by atoms with Crippen LogP contribution in [0, 0.1) is 0 Å². The van der Waals surface area contributed by atoms with Crippen molar-refractivity contribution in [3.05, 3.63) is 52.8 Å². The Balaban J connectivity index is 1.42. The number of hydrogen-bond donors (Lipinski definition) is 3. The van der Waals surface area contributed by atoms with Gasteiger partial charge in [0, 0.05) is 15.8 Å². The molecular formula is C19H17N5OS. The number of carbonyl (C=O) groups is 1. The van der Waals surface area contributed by atoms with Crippen molar-refractivity contribution in [1.29, 1.82) is 0 Å². The van der Waals surface area contributed by atoms with Gasteiger partial charge in [-0.2, -0.15) is 0 Å². The summed E-state index contributed by atoms with van der Waals surface area (Å²) in [5.41, 5.74) is 8.54. The van der Waals surface area contributed by atoms with Gasteiger partial charge < -0.3 is 4.98 Å². The molecule has 3 N–H and O–H groups in total. The quantitative estimate of drug-likeness (QED) is 0.483. The lowest BCUT2D eigenvalue weighted by Gasteiger charge is -2.12. The Labute approximate surface area is 153 Å². The molecule has 0 aliphatic heterocycles. The Hall–Kier alpha value is -2.93. The van der Waals surface area contributed by atoms with Crippen LogP contribution < -0.4 is 10.9 Å². The van der Waals surface area contributed by atoms with Gasteiger partial charge in [-0.05, 0) is 43.4 Å². The normalized spacial score (nSPS) is 13.7. The van der Waals surface area contributed by atoms with Crippen molar-refractivity contribution in [2.24, 2.45) is 0 Å². The number of aromatic nitrogens is 3. The molecule has 130 valence electrons. The number of thiophene rings is 1. The SMILES string of the molecule is O=C(NNc1ncnc2sc3c(c12)CCCC3)c1cc2ccccc2[nH]1. The number of carbonyl (C=O) groups excluding carboxylic acids is 1. The molecule has 0 fully saturated rings. The van der Waals surface area contributed by atoms with Gasteiger partial charge in [0.15, 0.2) is 5.82 Å². The van der Waals surface area contributed by atoms with E-state index in [1.165, 1.54) is 23.3 Å². The second-order valence-corrected chi connectivity index (χ2v) is 7.55. The topological polar surface area (TPSA) is 82.7 Å². The second-order valence-electron chi connectivity index (χ2n) is 6.46. The fourth-order valence-corrected chi connectivity index (χ4v) is 4.79. The van der Waals surface area contributed by atoms with Gasteiger partial charge in [-0.25, -0.2) is 9.97 Å². The Morgan fingerprint density at radius 1 is 1.15 bits per heavy atom. The lowest BCUT2D eigenvalue weighted by atomic mass is 9.97. The van der Waals surface area contributed by atoms with Crippen molar-refractivity contribution < 1.29 is 4.79 Å². The van der Waals surface area contributed by atoms with Gasteiger partial charge >= 0.3 is 0 Å². The zero-order chi connectivity index (χ0) is 17.5. The van der Waals surface area contributed by atoms with Gasteiger partial charge in [-0.3, -0.25) is 15.6 Å². The number of H-pyrrole nitrogens is 1. The molecule has 0 atom stereocenters. The molecule has 1 amide bonds. The van der Waals surface area contributed by atoms with Crippen molar-refractivity contribution in [2.75, 3.05) is 5.43 Å². The van der Waals surface area contributed by atoms with E-state index in [-0.39, 0.29) is 5.91 Å². The number of nitrogens with zero attached hydrogens (tertiary/aromatic N) is 2. The van der Waals surface area contributed by atoms with Crippen LogP contribution in [0.4, 0.5) is 5.82 Å². The number of para-hydroxylation sites is 1. The number of benzene rings is 1. The van der Waals surface area contributed by atoms with Crippen molar-refractivity contribution >= 4 is 44.2 Å². The fourth-order valence-electron chi connectivity index (χ4n) is 3.56. The van der Waals surface area contributed by atoms with E-state index in [9.17, 15) is 4.79 Å². The summed E-state index contributed by atoms with van der Waals surface area (Å²) in [5, 5.41) is 2.05. The van der Waals surface area contributed by atoms with Crippen LogP contribution in [0.2, 0.25) is 0 Å². The molecule has 3 heterocycles. The monoisotopic (exact) mass is 363 g/mol. The van der Waals surface area contributed by atoms with Crippen LogP contribution in [0.5, 0.6) is 0 Å². The third kappa shape index (κ3) is 2.52. The van der Waals surface area contributed by atoms with Crippen molar-refractivity contribution in [1.82, 2.24) is 20.4 Å². The van der Waals surface area contributed by atoms with E-state index in [2.05, 4.69) is 25.8 Å². The number of hydrazine groups is 1. The van der Waals surface area contributed by atoms with Crippen LogP contribution in [0.15, 0.2) is 36.7 Å². The summed E-state index contributed by atoms with van der Waals surface area (Å²) in [6.45, 7) is 0. The van der Waals surface area contributed by atoms with E-state index in [0.29, 0.717) is 11.5 Å². The third-order valence-electron chi connectivity index (χ3n) is 4.82. The summed E-state index contributed by atoms with van der Waals surface area (Å²) in [6.07, 6.45) is 6.12. The highest BCUT2D eigenvalue weighted by molar-refractivity contribution is 7.19. The van der Waals surface area contributed by atoms with Crippen LogP contribution in [0.25, 0.3) is 21.1 Å². The van der Waals surface area contributed by atoms with Gasteiger partial charge in [0.2, 0.25) is 0 Å². The molecule has 0 spiro atoms. The first-order chi connectivity index (χ1) is 12.8. The molecule has 0 saturated heterocycles. The largest absolute Gasteiger partial charge is 0.350 e. The van der Waals surface area contributed by atoms with Crippen LogP contribution >= 0.6 is 11.3 Å². The Kier molecular flexibility index (Phi) is 3.60. The van der Waals surface area contributed by atoms with Gasteiger partial charge in [0.1, 0.15) is 16.9 Å². The molecule has 1 aliphatic carbocycles. The predicted molar refractivity (Wildman–Crippen MR) is 103 cm³/mol. The van der Waals surface area contributed by atoms with E-state index < -0.39 is 0 Å². The van der Waals surface area contributed by atoms with Gasteiger partial charge in [-0.15, -0.1) is 11.3 Å². The summed E-state index contributed by atoms with van der Waals surface area (Å²) in [4.78, 5) is 26.8. The average molecular weight is 363 g/mol. The highest BCUT2D eigenvalue weighted by Crippen LogP contribution is 2.37. The molecule has 0 unspecified atom stereocenters. The Morgan fingerprint density at radius 3 is 2.96 bits per heavy atom. The van der Waals surface area contributed by atoms with E-state index >= 15 is 0 Å². The summed E-state index contributed by atoms with van der Waals surface area (Å²) < 4.78 is 0. The number of hydrogen-bond acceptors (Lipinski definition) is 5. The Morgan fingerprint density at radius 2 is 2.04 bits per heavy atom. The maximum Gasteiger partial charge on any atom is 0.286 e. The molecule has 5 rings (SSSR count). The third-order valence-corrected chi connectivity index (χ3v) is 6.02. The number of anilines is 1. The smallest absolute Gasteiger partial charge is 0.286 e. The molecule has 26 heavy (non-hydrogen) atoms. The van der Waals surface area contributed by atoms with Gasteiger partial charge in [0.05, 0.1) is 5.39 Å². The van der Waals surface area contributed by atoms with E-state index in [1.54, 1.807) is 17.7 Å². The predicted octanol–water partition coefficient (Wildman–Crippen LogP) is 3.81. The van der Waals surface area contributed by atoms with Crippen LogP contribution in [0.1, 0.15) is 33.8 Å². The first-order valence-corrected chi connectivity index (χ1v) is 9.50. The average Bonchev–Trinajstić information content (AvgIpc) is 3.27. The summed E-state index contributed by atoms with van der Waals surface area (Å²) >= 11 is 1.74. The van der Waals surface area contributed by atoms with Crippen LogP contribution in [0.3, 0.4) is 0 Å². The zero-order valence-corrected chi connectivity index (χ0v) is 14.8. The molecule has 1 aliphatic rings. The minimum Gasteiger partial charge on any atom is -0.350 e. The molecule has 7 heteroatoms. The van der Waals surface area contributed by atoms with Crippen molar-refractivity contribution in [3.63, 3.8) is 0 Å². The number of aryl methyl sites for hydroxylation is 2. The minimum atomic E-state index is -0.225. The molecule has 0 radical (unpaired) electrons. The van der Waals surface area contributed by atoms with E-state index in [4.69, 9.17) is 0 Å². The lowest BCUT2D eigenvalue weighted by Crippen LogP contribution is -2.30. The summed E-state index contributed by atoms with van der Waals surface area (Å²) in [6, 6.07) is 9.66. The van der Waals surface area contributed by atoms with Crippen molar-refractivity contribution in [3.8, 4) is 0 Å². The van der Waals surface area contributed by atoms with E-state index in [0.717, 1.165) is 34.0 Å².